The second kappa shape index (κ2) is 13.7. The molecular formula is C29H45N3O6. The number of rotatable bonds is 5. The van der Waals surface area contributed by atoms with Gasteiger partial charge in [-0.25, -0.2) is 0 Å². The Morgan fingerprint density at radius 1 is 1.05 bits per heavy atom. The van der Waals surface area contributed by atoms with Gasteiger partial charge in [0.2, 0.25) is 5.91 Å². The molecule has 2 fully saturated rings. The van der Waals surface area contributed by atoms with E-state index in [9.17, 15) is 9.59 Å². The first-order valence-corrected chi connectivity index (χ1v) is 14.1. The Labute approximate surface area is 227 Å². The van der Waals surface area contributed by atoms with Crippen LogP contribution in [-0.4, -0.2) is 101 Å². The van der Waals surface area contributed by atoms with Crippen LogP contribution in [0, 0.1) is 17.8 Å². The number of fused-ring (bicyclic) bond motifs is 1. The lowest BCUT2D eigenvalue weighted by Crippen LogP contribution is -2.48. The highest BCUT2D eigenvalue weighted by Gasteiger charge is 2.30. The van der Waals surface area contributed by atoms with E-state index >= 15 is 0 Å². The fraction of sp³-hybridized carbons (Fsp3) is 0.724. The molecule has 3 heterocycles. The zero-order valence-corrected chi connectivity index (χ0v) is 23.4. The summed E-state index contributed by atoms with van der Waals surface area (Å²) in [7, 11) is 3.53. The number of ether oxygens (including phenoxy) is 4. The molecule has 0 unspecified atom stereocenters. The third kappa shape index (κ3) is 7.46. The minimum absolute atomic E-state index is 0.0159. The number of carbonyl (C=O) groups is 2. The molecule has 0 aromatic heterocycles. The lowest BCUT2D eigenvalue weighted by atomic mass is 9.96. The highest BCUT2D eigenvalue weighted by molar-refractivity contribution is 5.98. The monoisotopic (exact) mass is 531 g/mol. The van der Waals surface area contributed by atoms with Crippen molar-refractivity contribution in [2.75, 3.05) is 72.1 Å². The second-order valence-electron chi connectivity index (χ2n) is 11.2. The van der Waals surface area contributed by atoms with Crippen molar-refractivity contribution in [1.29, 1.82) is 0 Å². The van der Waals surface area contributed by atoms with E-state index in [1.807, 2.05) is 0 Å². The molecule has 212 valence electrons. The number of benzene rings is 1. The Morgan fingerprint density at radius 2 is 1.74 bits per heavy atom. The molecule has 1 aromatic carbocycles. The minimum atomic E-state index is -0.121. The van der Waals surface area contributed by atoms with Crippen molar-refractivity contribution < 1.29 is 28.5 Å². The third-order valence-corrected chi connectivity index (χ3v) is 8.27. The van der Waals surface area contributed by atoms with E-state index in [1.165, 1.54) is 0 Å². The van der Waals surface area contributed by atoms with E-state index in [-0.39, 0.29) is 35.8 Å². The van der Waals surface area contributed by atoms with Gasteiger partial charge >= 0.3 is 0 Å². The summed E-state index contributed by atoms with van der Waals surface area (Å²) in [5.41, 5.74) is 1.13. The summed E-state index contributed by atoms with van der Waals surface area (Å²) in [6.45, 7) is 10.0. The number of hydrogen-bond donors (Lipinski definition) is 1. The van der Waals surface area contributed by atoms with E-state index < -0.39 is 0 Å². The molecule has 0 bridgehead atoms. The standard InChI is InChI=1S/C29H45N3O6/c1-20-16-32(17-22-7-11-36-12-8-22)21(2)19-38-26-15-24(30-28(33)23-9-13-37-14-10-23)5-6-25(26)29(34)31(3)18-27(20)35-4/h5-6,15,20-23,27H,7-14,16-19H2,1-4H3,(H,30,33)/t20-,21-,27-/m1/s1. The van der Waals surface area contributed by atoms with Crippen molar-refractivity contribution in [2.45, 2.75) is 51.7 Å². The maximum Gasteiger partial charge on any atom is 0.257 e. The summed E-state index contributed by atoms with van der Waals surface area (Å²) in [5.74, 6) is 1.12. The van der Waals surface area contributed by atoms with Crippen molar-refractivity contribution in [3.05, 3.63) is 23.8 Å². The number of nitrogens with zero attached hydrogens (tertiary/aromatic N) is 2. The predicted molar refractivity (Wildman–Crippen MR) is 146 cm³/mol. The van der Waals surface area contributed by atoms with Crippen LogP contribution in [0.15, 0.2) is 18.2 Å². The average Bonchev–Trinajstić information content (AvgIpc) is 2.94. The number of nitrogens with one attached hydrogen (secondary N) is 1. The molecule has 0 radical (unpaired) electrons. The maximum absolute atomic E-state index is 13.5. The minimum Gasteiger partial charge on any atom is -0.491 e. The Kier molecular flexibility index (Phi) is 10.4. The summed E-state index contributed by atoms with van der Waals surface area (Å²) < 4.78 is 23.2. The smallest absolute Gasteiger partial charge is 0.257 e. The molecule has 38 heavy (non-hydrogen) atoms. The molecule has 3 aliphatic rings. The van der Waals surface area contributed by atoms with Gasteiger partial charge in [0.25, 0.3) is 5.91 Å². The number of likely N-dealkylation sites (N-methyl/N-ethyl adjacent to an activating group) is 1. The second-order valence-corrected chi connectivity index (χ2v) is 11.2. The van der Waals surface area contributed by atoms with Gasteiger partial charge in [-0.2, -0.15) is 0 Å². The maximum atomic E-state index is 13.5. The Hall–Kier alpha value is -2.20. The molecule has 2 amide bonds. The molecule has 2 saturated heterocycles. The van der Waals surface area contributed by atoms with Crippen molar-refractivity contribution in [2.24, 2.45) is 17.8 Å². The van der Waals surface area contributed by atoms with Gasteiger partial charge in [-0.1, -0.05) is 6.92 Å². The third-order valence-electron chi connectivity index (χ3n) is 8.27. The normalized spacial score (nSPS) is 27.1. The molecule has 3 atom stereocenters. The number of hydrogen-bond acceptors (Lipinski definition) is 7. The van der Waals surface area contributed by atoms with Gasteiger partial charge in [-0.05, 0) is 56.6 Å². The van der Waals surface area contributed by atoms with Crippen molar-refractivity contribution >= 4 is 17.5 Å². The van der Waals surface area contributed by atoms with Crippen LogP contribution in [0.1, 0.15) is 49.9 Å². The molecule has 1 N–H and O–H groups in total. The molecular weight excluding hydrogens is 486 g/mol. The van der Waals surface area contributed by atoms with Crippen molar-refractivity contribution in [1.82, 2.24) is 9.80 Å². The highest BCUT2D eigenvalue weighted by atomic mass is 16.5. The van der Waals surface area contributed by atoms with Gasteiger partial charge in [0.05, 0.1) is 11.7 Å². The highest BCUT2D eigenvalue weighted by Crippen LogP contribution is 2.28. The van der Waals surface area contributed by atoms with Crippen LogP contribution in [0.25, 0.3) is 0 Å². The van der Waals surface area contributed by atoms with Crippen molar-refractivity contribution in [3.8, 4) is 5.75 Å². The molecule has 4 rings (SSSR count). The fourth-order valence-electron chi connectivity index (χ4n) is 5.64. The zero-order chi connectivity index (χ0) is 27.1. The van der Waals surface area contributed by atoms with Gasteiger partial charge in [0.15, 0.2) is 0 Å². The Morgan fingerprint density at radius 3 is 2.42 bits per heavy atom. The van der Waals surface area contributed by atoms with Gasteiger partial charge in [-0.15, -0.1) is 0 Å². The summed E-state index contributed by atoms with van der Waals surface area (Å²) >= 11 is 0. The van der Waals surface area contributed by atoms with Crippen LogP contribution < -0.4 is 10.1 Å². The van der Waals surface area contributed by atoms with Gasteiger partial charge in [-0.3, -0.25) is 14.5 Å². The number of carbonyl (C=O) groups excluding carboxylic acids is 2. The molecule has 0 saturated carbocycles. The topological polar surface area (TPSA) is 89.6 Å². The quantitative estimate of drug-likeness (QED) is 0.624. The lowest BCUT2D eigenvalue weighted by Gasteiger charge is -2.38. The average molecular weight is 532 g/mol. The molecule has 3 aliphatic heterocycles. The van der Waals surface area contributed by atoms with Crippen LogP contribution in [-0.2, 0) is 19.0 Å². The summed E-state index contributed by atoms with van der Waals surface area (Å²) in [6.07, 6.45) is 3.49. The van der Waals surface area contributed by atoms with Crippen LogP contribution in [0.2, 0.25) is 0 Å². The van der Waals surface area contributed by atoms with Gasteiger partial charge in [0, 0.05) is 83.9 Å². The van der Waals surface area contributed by atoms with E-state index in [1.54, 1.807) is 37.3 Å². The SMILES string of the molecule is CO[C@@H]1CN(C)C(=O)c2ccc(NC(=O)C3CCOCC3)cc2OC[C@@H](C)N(CC2CCOCC2)C[C@H]1C. The first kappa shape index (κ1) is 28.8. The lowest BCUT2D eigenvalue weighted by molar-refractivity contribution is -0.122. The van der Waals surface area contributed by atoms with Gasteiger partial charge < -0.3 is 29.2 Å². The first-order chi connectivity index (χ1) is 18.4. The number of anilines is 1. The summed E-state index contributed by atoms with van der Waals surface area (Å²) in [5, 5.41) is 3.03. The largest absolute Gasteiger partial charge is 0.491 e. The molecule has 0 aliphatic carbocycles. The van der Waals surface area contributed by atoms with E-state index in [0.29, 0.717) is 49.3 Å². The number of amides is 2. The Bertz CT molecular complexity index is 931. The van der Waals surface area contributed by atoms with Crippen LogP contribution in [0.5, 0.6) is 5.75 Å². The van der Waals surface area contributed by atoms with E-state index in [4.69, 9.17) is 18.9 Å². The number of methoxy groups -OCH3 is 1. The van der Waals surface area contributed by atoms with Crippen LogP contribution >= 0.6 is 0 Å². The fourth-order valence-corrected chi connectivity index (χ4v) is 5.64. The van der Waals surface area contributed by atoms with E-state index in [0.717, 1.165) is 52.0 Å². The molecule has 0 spiro atoms. The molecule has 9 heteroatoms. The summed E-state index contributed by atoms with van der Waals surface area (Å²) in [4.78, 5) is 30.5. The van der Waals surface area contributed by atoms with E-state index in [2.05, 4.69) is 24.1 Å². The van der Waals surface area contributed by atoms with Crippen LogP contribution in [0.3, 0.4) is 0 Å². The Balaban J connectivity index is 1.56. The first-order valence-electron chi connectivity index (χ1n) is 14.1. The predicted octanol–water partition coefficient (Wildman–Crippen LogP) is 3.28. The van der Waals surface area contributed by atoms with Crippen LogP contribution in [0.4, 0.5) is 5.69 Å². The van der Waals surface area contributed by atoms with Crippen molar-refractivity contribution in [3.63, 3.8) is 0 Å². The van der Waals surface area contributed by atoms with Gasteiger partial charge in [0.1, 0.15) is 12.4 Å². The zero-order valence-electron chi connectivity index (χ0n) is 23.4. The summed E-state index contributed by atoms with van der Waals surface area (Å²) in [6, 6.07) is 5.47. The molecule has 1 aromatic rings. The molecule has 9 nitrogen and oxygen atoms in total.